The molecule has 0 bridgehead atoms. The van der Waals surface area contributed by atoms with Gasteiger partial charge in [0.05, 0.1) is 7.11 Å². The monoisotopic (exact) mass is 217 g/mol. The molecule has 14 heavy (non-hydrogen) atoms. The van der Waals surface area contributed by atoms with Gasteiger partial charge in [0.1, 0.15) is 12.6 Å². The Morgan fingerprint density at radius 3 is 3.00 bits per heavy atom. The van der Waals surface area contributed by atoms with Crippen LogP contribution in [0.5, 0.6) is 0 Å². The average molecular weight is 217 g/mol. The lowest BCUT2D eigenvalue weighted by molar-refractivity contribution is -0.144. The molecule has 0 aliphatic rings. The fourth-order valence-corrected chi connectivity index (χ4v) is 1.43. The van der Waals surface area contributed by atoms with Gasteiger partial charge in [-0.1, -0.05) is 0 Å². The minimum Gasteiger partial charge on any atom is -0.467 e. The number of aromatic amines is 1. The van der Waals surface area contributed by atoms with E-state index in [1.807, 2.05) is 0 Å². The number of carbonyl (C=O) groups is 1. The lowest BCUT2D eigenvalue weighted by atomic mass is 10.3. The summed E-state index contributed by atoms with van der Waals surface area (Å²) >= 11 is 4.91. The second-order valence-corrected chi connectivity index (χ2v) is 3.06. The van der Waals surface area contributed by atoms with Crippen molar-refractivity contribution < 1.29 is 14.6 Å². The molecule has 7 heteroatoms. The third-order valence-corrected chi connectivity index (χ3v) is 2.14. The Morgan fingerprint density at radius 2 is 2.50 bits per heavy atom. The van der Waals surface area contributed by atoms with Crippen LogP contribution in [0.4, 0.5) is 0 Å². The van der Waals surface area contributed by atoms with E-state index in [1.165, 1.54) is 11.7 Å². The maximum Gasteiger partial charge on any atom is 0.328 e. The Morgan fingerprint density at radius 1 is 1.86 bits per heavy atom. The van der Waals surface area contributed by atoms with Crippen LogP contribution >= 0.6 is 12.2 Å². The molecule has 1 rings (SSSR count). The maximum absolute atomic E-state index is 11.2. The van der Waals surface area contributed by atoms with Crippen molar-refractivity contribution >= 4 is 18.2 Å². The van der Waals surface area contributed by atoms with E-state index in [4.69, 9.17) is 17.3 Å². The molecule has 0 aliphatic carbocycles. The molecule has 0 spiro atoms. The molecule has 6 nitrogen and oxygen atoms in total. The third kappa shape index (κ3) is 1.83. The number of nitrogens with one attached hydrogen (secondary N) is 1. The maximum atomic E-state index is 11.2. The van der Waals surface area contributed by atoms with Gasteiger partial charge in [-0.3, -0.25) is 9.67 Å². The number of rotatable bonds is 3. The molecule has 0 fully saturated rings. The first-order valence-electron chi connectivity index (χ1n) is 3.96. The molecule has 0 aromatic carbocycles. The van der Waals surface area contributed by atoms with Crippen molar-refractivity contribution in [2.75, 3.05) is 7.11 Å². The van der Waals surface area contributed by atoms with E-state index in [2.05, 4.69) is 14.9 Å². The Kier molecular flexibility index (Phi) is 3.37. The molecule has 0 aliphatic heterocycles. The highest BCUT2D eigenvalue weighted by Gasteiger charge is 2.19. The van der Waals surface area contributed by atoms with Gasteiger partial charge in [-0.25, -0.2) is 4.79 Å². The van der Waals surface area contributed by atoms with Gasteiger partial charge in [0.25, 0.3) is 0 Å². The molecule has 1 atom stereocenters. The van der Waals surface area contributed by atoms with E-state index in [1.54, 1.807) is 6.92 Å². The molecular weight excluding hydrogens is 206 g/mol. The largest absolute Gasteiger partial charge is 0.467 e. The second-order valence-electron chi connectivity index (χ2n) is 2.67. The molecule has 78 valence electrons. The van der Waals surface area contributed by atoms with Crippen LogP contribution in [0.2, 0.25) is 0 Å². The summed E-state index contributed by atoms with van der Waals surface area (Å²) in [5.41, 5.74) is 0. The zero-order valence-electron chi connectivity index (χ0n) is 7.85. The van der Waals surface area contributed by atoms with E-state index in [9.17, 15) is 4.79 Å². The van der Waals surface area contributed by atoms with E-state index >= 15 is 0 Å². The number of ether oxygens (including phenoxy) is 1. The summed E-state index contributed by atoms with van der Waals surface area (Å²) < 4.78 is 6.26. The van der Waals surface area contributed by atoms with Gasteiger partial charge in [-0.05, 0) is 19.1 Å². The van der Waals surface area contributed by atoms with Gasteiger partial charge in [-0.15, -0.1) is 0 Å². The Balaban J connectivity index is 3.10. The van der Waals surface area contributed by atoms with E-state index in [0.717, 1.165) is 0 Å². The fraction of sp³-hybridized carbons (Fsp3) is 0.571. The lowest BCUT2D eigenvalue weighted by Gasteiger charge is -2.11. The molecule has 0 radical (unpaired) electrons. The molecule has 1 aromatic rings. The number of aromatic nitrogens is 3. The molecule has 1 aromatic heterocycles. The van der Waals surface area contributed by atoms with Crippen molar-refractivity contribution in [3.8, 4) is 0 Å². The summed E-state index contributed by atoms with van der Waals surface area (Å²) in [6, 6.07) is -0.589. The minimum atomic E-state index is -0.589. The summed E-state index contributed by atoms with van der Waals surface area (Å²) in [6.45, 7) is 1.34. The van der Waals surface area contributed by atoms with Crippen LogP contribution in [0.1, 0.15) is 18.8 Å². The average Bonchev–Trinajstić information content (AvgIpc) is 2.57. The first kappa shape index (κ1) is 10.9. The first-order valence-corrected chi connectivity index (χ1v) is 4.37. The molecule has 0 saturated carbocycles. The second kappa shape index (κ2) is 4.34. The van der Waals surface area contributed by atoms with Gasteiger partial charge < -0.3 is 9.84 Å². The Labute approximate surface area is 85.5 Å². The van der Waals surface area contributed by atoms with Gasteiger partial charge in [0.15, 0.2) is 10.6 Å². The molecule has 2 N–H and O–H groups in total. The van der Waals surface area contributed by atoms with Gasteiger partial charge in [-0.2, -0.15) is 5.10 Å². The topological polar surface area (TPSA) is 80.1 Å². The number of methoxy groups -OCH3 is 1. The Hall–Kier alpha value is -1.21. The van der Waals surface area contributed by atoms with Crippen LogP contribution in [0.3, 0.4) is 0 Å². The van der Waals surface area contributed by atoms with Crippen molar-refractivity contribution in [3.63, 3.8) is 0 Å². The fourth-order valence-electron chi connectivity index (χ4n) is 1.12. The molecular formula is C7H11N3O3S. The zero-order chi connectivity index (χ0) is 10.7. The smallest absolute Gasteiger partial charge is 0.328 e. The highest BCUT2D eigenvalue weighted by Crippen LogP contribution is 2.10. The van der Waals surface area contributed by atoms with Crippen LogP contribution in [0.25, 0.3) is 0 Å². The number of aliphatic hydroxyl groups is 1. The summed E-state index contributed by atoms with van der Waals surface area (Å²) in [5, 5.41) is 15.2. The third-order valence-electron chi connectivity index (χ3n) is 1.85. The van der Waals surface area contributed by atoms with Crippen molar-refractivity contribution in [1.82, 2.24) is 14.8 Å². The minimum absolute atomic E-state index is 0.283. The SMILES string of the molecule is COC(=O)C(C)n1c(CO)n[nH]c1=S. The van der Waals surface area contributed by atoms with Gasteiger partial charge in [0, 0.05) is 0 Å². The van der Waals surface area contributed by atoms with Crippen molar-refractivity contribution in [3.05, 3.63) is 10.6 Å². The van der Waals surface area contributed by atoms with Gasteiger partial charge >= 0.3 is 5.97 Å². The number of nitrogens with zero attached hydrogens (tertiary/aromatic N) is 2. The lowest BCUT2D eigenvalue weighted by Crippen LogP contribution is -2.20. The summed E-state index contributed by atoms with van der Waals surface area (Å²) in [4.78, 5) is 11.2. The van der Waals surface area contributed by atoms with Crippen LogP contribution < -0.4 is 0 Å². The van der Waals surface area contributed by atoms with E-state index < -0.39 is 12.0 Å². The molecule has 0 saturated heterocycles. The van der Waals surface area contributed by atoms with Gasteiger partial charge in [0.2, 0.25) is 0 Å². The normalized spacial score (nSPS) is 12.5. The quantitative estimate of drug-likeness (QED) is 0.557. The molecule has 1 unspecified atom stereocenters. The van der Waals surface area contributed by atoms with E-state index in [-0.39, 0.29) is 11.4 Å². The Bertz CT molecular complexity index is 384. The number of carbonyl (C=O) groups excluding carboxylic acids is 1. The summed E-state index contributed by atoms with van der Waals surface area (Å²) in [7, 11) is 1.29. The highest BCUT2D eigenvalue weighted by atomic mass is 32.1. The number of hydrogen-bond donors (Lipinski definition) is 2. The van der Waals surface area contributed by atoms with Crippen molar-refractivity contribution in [2.24, 2.45) is 0 Å². The van der Waals surface area contributed by atoms with E-state index in [0.29, 0.717) is 5.82 Å². The van der Waals surface area contributed by atoms with Crippen LogP contribution in [0.15, 0.2) is 0 Å². The highest BCUT2D eigenvalue weighted by molar-refractivity contribution is 7.71. The van der Waals surface area contributed by atoms with Crippen LogP contribution in [0, 0.1) is 4.77 Å². The first-order chi connectivity index (χ1) is 6.61. The van der Waals surface area contributed by atoms with Crippen LogP contribution in [-0.2, 0) is 16.1 Å². The van der Waals surface area contributed by atoms with Crippen LogP contribution in [-0.4, -0.2) is 33.0 Å². The van der Waals surface area contributed by atoms with Crippen molar-refractivity contribution in [1.29, 1.82) is 0 Å². The number of H-pyrrole nitrogens is 1. The summed E-state index contributed by atoms with van der Waals surface area (Å²) in [5.74, 6) is -0.120. The summed E-state index contributed by atoms with van der Waals surface area (Å²) in [6.07, 6.45) is 0. The standard InChI is InChI=1S/C7H11N3O3S/c1-4(6(12)13-2)10-5(3-11)8-9-7(10)14/h4,11H,3H2,1-2H3,(H,9,14). The zero-order valence-corrected chi connectivity index (χ0v) is 8.67. The predicted octanol–water partition coefficient (Wildman–Crippen LogP) is 0.167. The van der Waals surface area contributed by atoms with Crippen molar-refractivity contribution in [2.45, 2.75) is 19.6 Å². The molecule has 0 amide bonds. The predicted molar refractivity (Wildman–Crippen MR) is 50.1 cm³/mol. The number of esters is 1. The number of aliphatic hydroxyl groups excluding tert-OH is 1. The molecule has 1 heterocycles. The number of hydrogen-bond acceptors (Lipinski definition) is 5.